The molecule has 4 heteroatoms. The summed E-state index contributed by atoms with van der Waals surface area (Å²) in [6.45, 7) is 7.90. The number of hydrogen-bond donors (Lipinski definition) is 2. The predicted molar refractivity (Wildman–Crippen MR) is 89.8 cm³/mol. The lowest BCUT2D eigenvalue weighted by molar-refractivity contribution is 0.0833. The molecule has 2 bridgehead atoms. The number of pyridine rings is 1. The SMILES string of the molecule is CC1(C)[C@H]2CC[C@H](C2)[C@@]1(C)NC(=S)NCc1ccncc1. The summed E-state index contributed by atoms with van der Waals surface area (Å²) >= 11 is 5.54. The fraction of sp³-hybridized carbons (Fsp3) is 0.647. The van der Waals surface area contributed by atoms with Gasteiger partial charge in [-0.05, 0) is 73.4 Å². The van der Waals surface area contributed by atoms with Crippen LogP contribution in [0.1, 0.15) is 45.6 Å². The van der Waals surface area contributed by atoms with Crippen molar-refractivity contribution in [2.75, 3.05) is 0 Å². The lowest BCUT2D eigenvalue weighted by atomic mass is 9.64. The number of hydrogen-bond acceptors (Lipinski definition) is 2. The van der Waals surface area contributed by atoms with Crippen molar-refractivity contribution in [1.29, 1.82) is 0 Å². The van der Waals surface area contributed by atoms with Gasteiger partial charge in [0.2, 0.25) is 0 Å². The molecule has 0 aromatic carbocycles. The van der Waals surface area contributed by atoms with E-state index in [4.69, 9.17) is 12.2 Å². The van der Waals surface area contributed by atoms with E-state index in [1.54, 1.807) is 0 Å². The molecular weight excluding hydrogens is 278 g/mol. The first-order chi connectivity index (χ1) is 9.93. The normalized spacial score (nSPS) is 32.9. The molecule has 2 saturated carbocycles. The van der Waals surface area contributed by atoms with Gasteiger partial charge in [0.25, 0.3) is 0 Å². The maximum Gasteiger partial charge on any atom is 0.167 e. The molecule has 0 saturated heterocycles. The van der Waals surface area contributed by atoms with Crippen molar-refractivity contribution in [3.05, 3.63) is 30.1 Å². The molecule has 0 amide bonds. The summed E-state index contributed by atoms with van der Waals surface area (Å²) in [6, 6.07) is 4.03. The van der Waals surface area contributed by atoms with E-state index >= 15 is 0 Å². The maximum absolute atomic E-state index is 5.54. The van der Waals surface area contributed by atoms with Crippen LogP contribution in [0.25, 0.3) is 0 Å². The van der Waals surface area contributed by atoms with Gasteiger partial charge in [0.15, 0.2) is 5.11 Å². The third kappa shape index (κ3) is 2.44. The fourth-order valence-electron chi connectivity index (χ4n) is 4.34. The van der Waals surface area contributed by atoms with Gasteiger partial charge in [-0.15, -0.1) is 0 Å². The van der Waals surface area contributed by atoms with E-state index in [1.807, 2.05) is 24.5 Å². The molecule has 1 aromatic rings. The lowest BCUT2D eigenvalue weighted by Gasteiger charge is -2.48. The van der Waals surface area contributed by atoms with Gasteiger partial charge in [0, 0.05) is 24.5 Å². The second-order valence-corrected chi connectivity index (χ2v) is 7.70. The smallest absolute Gasteiger partial charge is 0.167 e. The highest BCUT2D eigenvalue weighted by atomic mass is 32.1. The molecule has 0 spiro atoms. The highest BCUT2D eigenvalue weighted by Gasteiger charge is 2.60. The third-order valence-electron chi connectivity index (χ3n) is 6.18. The van der Waals surface area contributed by atoms with Gasteiger partial charge < -0.3 is 10.6 Å². The number of rotatable bonds is 3. The van der Waals surface area contributed by atoms with Crippen molar-refractivity contribution in [1.82, 2.24) is 15.6 Å². The van der Waals surface area contributed by atoms with Gasteiger partial charge in [0.05, 0.1) is 0 Å². The Labute approximate surface area is 132 Å². The predicted octanol–water partition coefficient (Wildman–Crippen LogP) is 3.26. The largest absolute Gasteiger partial charge is 0.359 e. The Balaban J connectivity index is 1.62. The minimum absolute atomic E-state index is 0.109. The zero-order chi connectivity index (χ0) is 15.1. The summed E-state index contributed by atoms with van der Waals surface area (Å²) in [6.07, 6.45) is 7.70. The lowest BCUT2D eigenvalue weighted by Crippen LogP contribution is -2.61. The Morgan fingerprint density at radius 3 is 2.52 bits per heavy atom. The van der Waals surface area contributed by atoms with Crippen LogP contribution < -0.4 is 10.6 Å². The molecule has 0 radical (unpaired) electrons. The average Bonchev–Trinajstić information content (AvgIpc) is 3.01. The van der Waals surface area contributed by atoms with E-state index in [1.165, 1.54) is 24.8 Å². The van der Waals surface area contributed by atoms with Crippen LogP contribution in [0.15, 0.2) is 24.5 Å². The van der Waals surface area contributed by atoms with Gasteiger partial charge in [-0.25, -0.2) is 0 Å². The van der Waals surface area contributed by atoms with E-state index < -0.39 is 0 Å². The minimum atomic E-state index is 0.109. The van der Waals surface area contributed by atoms with E-state index in [0.717, 1.165) is 23.5 Å². The molecule has 1 heterocycles. The van der Waals surface area contributed by atoms with Crippen LogP contribution in [0, 0.1) is 17.3 Å². The zero-order valence-corrected chi connectivity index (χ0v) is 14.0. The Morgan fingerprint density at radius 2 is 1.90 bits per heavy atom. The molecule has 2 aliphatic carbocycles. The van der Waals surface area contributed by atoms with E-state index in [9.17, 15) is 0 Å². The molecule has 114 valence electrons. The summed E-state index contributed by atoms with van der Waals surface area (Å²) < 4.78 is 0. The third-order valence-corrected chi connectivity index (χ3v) is 6.43. The van der Waals surface area contributed by atoms with Crippen LogP contribution in [-0.2, 0) is 6.54 Å². The van der Waals surface area contributed by atoms with Crippen LogP contribution in [0.4, 0.5) is 0 Å². The Morgan fingerprint density at radius 1 is 1.24 bits per heavy atom. The van der Waals surface area contributed by atoms with Crippen LogP contribution >= 0.6 is 12.2 Å². The number of thiocarbonyl (C=S) groups is 1. The zero-order valence-electron chi connectivity index (χ0n) is 13.1. The van der Waals surface area contributed by atoms with Gasteiger partial charge in [-0.3, -0.25) is 4.98 Å². The Bertz CT molecular complexity index is 528. The average molecular weight is 303 g/mol. The van der Waals surface area contributed by atoms with Crippen molar-refractivity contribution in [2.24, 2.45) is 17.3 Å². The molecule has 2 fully saturated rings. The Hall–Kier alpha value is -1.16. The topological polar surface area (TPSA) is 37.0 Å². The molecular formula is C17H25N3S. The first kappa shape index (κ1) is 14.8. The highest BCUT2D eigenvalue weighted by Crippen LogP contribution is 2.61. The summed E-state index contributed by atoms with van der Waals surface area (Å²) in [5, 5.41) is 7.77. The van der Waals surface area contributed by atoms with Crippen molar-refractivity contribution in [3.8, 4) is 0 Å². The summed E-state index contributed by atoms with van der Waals surface area (Å²) in [4.78, 5) is 4.04. The molecule has 2 N–H and O–H groups in total. The number of fused-ring (bicyclic) bond motifs is 2. The van der Waals surface area contributed by atoms with Crippen molar-refractivity contribution >= 4 is 17.3 Å². The standard InChI is InChI=1S/C17H25N3S/c1-16(2)13-4-5-14(10-13)17(16,3)20-15(21)19-11-12-6-8-18-9-7-12/h6-9,13-14H,4-5,10-11H2,1-3H3,(H2,19,20,21)/t13-,14+,17+/m0/s1. The summed E-state index contributed by atoms with van der Waals surface area (Å²) in [5.41, 5.74) is 1.61. The van der Waals surface area contributed by atoms with Gasteiger partial charge in [-0.2, -0.15) is 0 Å². The summed E-state index contributed by atoms with van der Waals surface area (Å²) in [7, 11) is 0. The minimum Gasteiger partial charge on any atom is -0.359 e. The second-order valence-electron chi connectivity index (χ2n) is 7.29. The Kier molecular flexibility index (Phi) is 3.68. The number of nitrogens with zero attached hydrogens (tertiary/aromatic N) is 1. The van der Waals surface area contributed by atoms with Crippen molar-refractivity contribution in [3.63, 3.8) is 0 Å². The number of nitrogens with one attached hydrogen (secondary N) is 2. The van der Waals surface area contributed by atoms with Crippen LogP contribution in [0.3, 0.4) is 0 Å². The number of aromatic nitrogens is 1. The van der Waals surface area contributed by atoms with E-state index in [2.05, 4.69) is 36.4 Å². The van der Waals surface area contributed by atoms with Crippen LogP contribution in [-0.4, -0.2) is 15.6 Å². The fourth-order valence-corrected chi connectivity index (χ4v) is 4.62. The van der Waals surface area contributed by atoms with Crippen molar-refractivity contribution < 1.29 is 0 Å². The van der Waals surface area contributed by atoms with E-state index in [-0.39, 0.29) is 5.54 Å². The van der Waals surface area contributed by atoms with Gasteiger partial charge >= 0.3 is 0 Å². The van der Waals surface area contributed by atoms with Gasteiger partial charge in [0.1, 0.15) is 0 Å². The molecule has 0 aliphatic heterocycles. The summed E-state index contributed by atoms with van der Waals surface area (Å²) in [5.74, 6) is 1.58. The van der Waals surface area contributed by atoms with Gasteiger partial charge in [-0.1, -0.05) is 13.8 Å². The highest BCUT2D eigenvalue weighted by molar-refractivity contribution is 7.80. The molecule has 21 heavy (non-hydrogen) atoms. The van der Waals surface area contributed by atoms with Crippen molar-refractivity contribution in [2.45, 2.75) is 52.1 Å². The molecule has 3 rings (SSSR count). The van der Waals surface area contributed by atoms with Crippen LogP contribution in [0.2, 0.25) is 0 Å². The van der Waals surface area contributed by atoms with Crippen LogP contribution in [0.5, 0.6) is 0 Å². The monoisotopic (exact) mass is 303 g/mol. The molecule has 3 nitrogen and oxygen atoms in total. The molecule has 3 atom stereocenters. The quantitative estimate of drug-likeness (QED) is 0.841. The second kappa shape index (κ2) is 5.24. The molecule has 0 unspecified atom stereocenters. The maximum atomic E-state index is 5.54. The molecule has 2 aliphatic rings. The molecule has 1 aromatic heterocycles. The van der Waals surface area contributed by atoms with E-state index in [0.29, 0.717) is 5.41 Å². The first-order valence-corrected chi connectivity index (χ1v) is 8.29. The first-order valence-electron chi connectivity index (χ1n) is 7.88.